The van der Waals surface area contributed by atoms with E-state index in [4.69, 9.17) is 0 Å². The van der Waals surface area contributed by atoms with Gasteiger partial charge in [-0.2, -0.15) is 0 Å². The first-order valence-electron chi connectivity index (χ1n) is 7.46. The maximum Gasteiger partial charge on any atom is 0.0911 e. The molecule has 2 atom stereocenters. The molecule has 0 aliphatic rings. The zero-order valence-electron chi connectivity index (χ0n) is 13.2. The summed E-state index contributed by atoms with van der Waals surface area (Å²) >= 11 is 0. The van der Waals surface area contributed by atoms with E-state index in [-0.39, 0.29) is 5.92 Å². The van der Waals surface area contributed by atoms with Gasteiger partial charge < -0.3 is 10.0 Å². The van der Waals surface area contributed by atoms with E-state index in [1.807, 2.05) is 43.3 Å². The molecule has 2 aromatic rings. The molecule has 0 aliphatic carbocycles. The Labute approximate surface area is 128 Å². The summed E-state index contributed by atoms with van der Waals surface area (Å²) in [6, 6.07) is 20.4. The van der Waals surface area contributed by atoms with E-state index in [0.717, 1.165) is 18.5 Å². The molecule has 112 valence electrons. The van der Waals surface area contributed by atoms with Crippen molar-refractivity contribution in [1.29, 1.82) is 0 Å². The van der Waals surface area contributed by atoms with Crippen LogP contribution in [0.15, 0.2) is 60.7 Å². The van der Waals surface area contributed by atoms with Crippen molar-refractivity contribution in [2.75, 3.05) is 20.6 Å². The van der Waals surface area contributed by atoms with Crippen LogP contribution in [0.1, 0.15) is 18.1 Å². The molecule has 0 saturated carbocycles. The molecule has 21 heavy (non-hydrogen) atoms. The molecule has 0 saturated heterocycles. The van der Waals surface area contributed by atoms with Gasteiger partial charge in [0, 0.05) is 12.5 Å². The van der Waals surface area contributed by atoms with E-state index >= 15 is 0 Å². The minimum Gasteiger partial charge on any atom is -0.385 e. The van der Waals surface area contributed by atoms with E-state index in [2.05, 4.69) is 43.3 Å². The van der Waals surface area contributed by atoms with Gasteiger partial charge in [0.15, 0.2) is 0 Å². The van der Waals surface area contributed by atoms with Gasteiger partial charge in [-0.05, 0) is 38.6 Å². The third-order valence-electron chi connectivity index (χ3n) is 4.06. The highest BCUT2D eigenvalue weighted by atomic mass is 16.3. The van der Waals surface area contributed by atoms with Gasteiger partial charge in [-0.15, -0.1) is 0 Å². The third kappa shape index (κ3) is 4.16. The SMILES string of the molecule is CN(C)C[C@@H](Cc1ccccc1)[C@](C)(O)c1ccccc1. The summed E-state index contributed by atoms with van der Waals surface area (Å²) in [6.45, 7) is 2.77. The van der Waals surface area contributed by atoms with E-state index < -0.39 is 5.60 Å². The minimum absolute atomic E-state index is 0.136. The lowest BCUT2D eigenvalue weighted by Gasteiger charge is -2.35. The van der Waals surface area contributed by atoms with Crippen LogP contribution < -0.4 is 0 Å². The Bertz CT molecular complexity index is 534. The van der Waals surface area contributed by atoms with Gasteiger partial charge in [-0.25, -0.2) is 0 Å². The molecule has 0 unspecified atom stereocenters. The first-order valence-corrected chi connectivity index (χ1v) is 7.46. The van der Waals surface area contributed by atoms with Crippen LogP contribution in [-0.2, 0) is 12.0 Å². The Morgan fingerprint density at radius 2 is 1.48 bits per heavy atom. The molecule has 2 aromatic carbocycles. The molecule has 0 aromatic heterocycles. The Kier molecular flexibility index (Phi) is 5.16. The van der Waals surface area contributed by atoms with Gasteiger partial charge in [-0.1, -0.05) is 60.7 Å². The molecule has 0 heterocycles. The highest BCUT2D eigenvalue weighted by Gasteiger charge is 2.33. The van der Waals surface area contributed by atoms with Crippen molar-refractivity contribution in [1.82, 2.24) is 4.90 Å². The molecule has 0 fully saturated rings. The number of nitrogens with zero attached hydrogens (tertiary/aromatic N) is 1. The van der Waals surface area contributed by atoms with Crippen LogP contribution in [0.25, 0.3) is 0 Å². The molecule has 2 rings (SSSR count). The lowest BCUT2D eigenvalue weighted by atomic mass is 9.79. The lowest BCUT2D eigenvalue weighted by molar-refractivity contribution is -0.0157. The monoisotopic (exact) mass is 283 g/mol. The summed E-state index contributed by atoms with van der Waals surface area (Å²) in [4.78, 5) is 2.14. The third-order valence-corrected chi connectivity index (χ3v) is 4.06. The summed E-state index contributed by atoms with van der Waals surface area (Å²) < 4.78 is 0. The number of hydrogen-bond acceptors (Lipinski definition) is 2. The van der Waals surface area contributed by atoms with Gasteiger partial charge in [0.2, 0.25) is 0 Å². The number of rotatable bonds is 6. The predicted octanol–water partition coefficient (Wildman–Crippen LogP) is 3.31. The van der Waals surface area contributed by atoms with Crippen LogP contribution in [0.3, 0.4) is 0 Å². The van der Waals surface area contributed by atoms with Crippen molar-refractivity contribution in [2.45, 2.75) is 18.9 Å². The molecule has 0 radical (unpaired) electrons. The maximum absolute atomic E-state index is 11.1. The number of hydrogen-bond donors (Lipinski definition) is 1. The molecular weight excluding hydrogens is 258 g/mol. The quantitative estimate of drug-likeness (QED) is 0.879. The Hall–Kier alpha value is -1.64. The minimum atomic E-state index is -0.846. The van der Waals surface area contributed by atoms with Crippen molar-refractivity contribution >= 4 is 0 Å². The summed E-state index contributed by atoms with van der Waals surface area (Å²) in [5.41, 5.74) is 1.40. The smallest absolute Gasteiger partial charge is 0.0911 e. The second-order valence-electron chi connectivity index (χ2n) is 6.16. The molecule has 2 heteroatoms. The fraction of sp³-hybridized carbons (Fsp3) is 0.368. The number of aliphatic hydroxyl groups is 1. The van der Waals surface area contributed by atoms with E-state index in [9.17, 15) is 5.11 Å². The van der Waals surface area contributed by atoms with Crippen LogP contribution in [0, 0.1) is 5.92 Å². The average Bonchev–Trinajstić information content (AvgIpc) is 2.48. The van der Waals surface area contributed by atoms with Crippen molar-refractivity contribution in [3.63, 3.8) is 0 Å². The van der Waals surface area contributed by atoms with Crippen molar-refractivity contribution in [3.05, 3.63) is 71.8 Å². The van der Waals surface area contributed by atoms with Gasteiger partial charge in [0.25, 0.3) is 0 Å². The summed E-state index contributed by atoms with van der Waals surface area (Å²) in [5.74, 6) is 0.136. The Morgan fingerprint density at radius 3 is 2.00 bits per heavy atom. The zero-order valence-corrected chi connectivity index (χ0v) is 13.2. The number of benzene rings is 2. The molecule has 0 amide bonds. The molecule has 1 N–H and O–H groups in total. The predicted molar refractivity (Wildman–Crippen MR) is 88.2 cm³/mol. The van der Waals surface area contributed by atoms with Crippen molar-refractivity contribution in [2.24, 2.45) is 5.92 Å². The normalized spacial score (nSPS) is 15.7. The fourth-order valence-electron chi connectivity index (χ4n) is 2.79. The van der Waals surface area contributed by atoms with Gasteiger partial charge in [-0.3, -0.25) is 0 Å². The summed E-state index contributed by atoms with van der Waals surface area (Å²) in [5, 5.41) is 11.1. The Morgan fingerprint density at radius 1 is 0.952 bits per heavy atom. The van der Waals surface area contributed by atoms with Crippen LogP contribution in [0.2, 0.25) is 0 Å². The lowest BCUT2D eigenvalue weighted by Crippen LogP contribution is -2.39. The molecule has 0 bridgehead atoms. The standard InChI is InChI=1S/C19H25NO/c1-19(21,17-12-8-5-9-13-17)18(15-20(2)3)14-16-10-6-4-7-11-16/h4-13,18,21H,14-15H2,1-3H3/t18-,19-/m1/s1. The summed E-state index contributed by atoms with van der Waals surface area (Å²) in [6.07, 6.45) is 0.862. The first-order chi connectivity index (χ1) is 10.00. The van der Waals surface area contributed by atoms with E-state index in [0.29, 0.717) is 0 Å². The van der Waals surface area contributed by atoms with Crippen molar-refractivity contribution < 1.29 is 5.11 Å². The largest absolute Gasteiger partial charge is 0.385 e. The van der Waals surface area contributed by atoms with Gasteiger partial charge in [0.1, 0.15) is 0 Å². The second kappa shape index (κ2) is 6.88. The summed E-state index contributed by atoms with van der Waals surface area (Å²) in [7, 11) is 4.11. The van der Waals surface area contributed by atoms with Crippen LogP contribution in [-0.4, -0.2) is 30.6 Å². The molecule has 2 nitrogen and oxygen atoms in total. The van der Waals surface area contributed by atoms with Crippen LogP contribution >= 0.6 is 0 Å². The van der Waals surface area contributed by atoms with E-state index in [1.54, 1.807) is 0 Å². The average molecular weight is 283 g/mol. The second-order valence-corrected chi connectivity index (χ2v) is 6.16. The molecule has 0 spiro atoms. The first kappa shape index (κ1) is 15.7. The topological polar surface area (TPSA) is 23.5 Å². The molecule has 0 aliphatic heterocycles. The fourth-order valence-corrected chi connectivity index (χ4v) is 2.79. The highest BCUT2D eigenvalue weighted by molar-refractivity contribution is 5.24. The van der Waals surface area contributed by atoms with Crippen LogP contribution in [0.4, 0.5) is 0 Å². The zero-order chi connectivity index (χ0) is 15.3. The van der Waals surface area contributed by atoms with Crippen molar-refractivity contribution in [3.8, 4) is 0 Å². The van der Waals surface area contributed by atoms with E-state index in [1.165, 1.54) is 5.56 Å². The highest BCUT2D eigenvalue weighted by Crippen LogP contribution is 2.32. The van der Waals surface area contributed by atoms with Gasteiger partial charge in [0.05, 0.1) is 5.60 Å². The Balaban J connectivity index is 2.26. The van der Waals surface area contributed by atoms with Crippen LogP contribution in [0.5, 0.6) is 0 Å². The van der Waals surface area contributed by atoms with Gasteiger partial charge >= 0.3 is 0 Å². The maximum atomic E-state index is 11.1. The molecular formula is C19H25NO.